The minimum absolute atomic E-state index is 0. The van der Waals surface area contributed by atoms with Crippen molar-refractivity contribution in [1.29, 1.82) is 0 Å². The smallest absolute Gasteiger partial charge is 0.366 e. The Morgan fingerprint density at radius 3 is 1.29 bits per heavy atom. The fourth-order valence-corrected chi connectivity index (χ4v) is 0. The molecule has 0 aromatic rings. The van der Waals surface area contributed by atoms with Gasteiger partial charge in [-0.1, -0.05) is 0 Å². The monoisotopic (exact) mass is 270 g/mol. The van der Waals surface area contributed by atoms with Gasteiger partial charge in [0.25, 0.3) is 0 Å². The van der Waals surface area contributed by atoms with Crippen molar-refractivity contribution in [1.82, 2.24) is 0 Å². The van der Waals surface area contributed by atoms with Gasteiger partial charge in [-0.05, 0) is 0 Å². The second-order valence-corrected chi connectivity index (χ2v) is 2.00. The summed E-state index contributed by atoms with van der Waals surface area (Å²) in [6, 6.07) is 0. The summed E-state index contributed by atoms with van der Waals surface area (Å²) in [5.74, 6) is 0. The summed E-state index contributed by atoms with van der Waals surface area (Å²) in [4.78, 5) is 22.8. The number of rotatable bonds is 1. The van der Waals surface area contributed by atoms with Crippen molar-refractivity contribution < 1.29 is 64.2 Å². The van der Waals surface area contributed by atoms with Gasteiger partial charge in [0.2, 0.25) is 0 Å². The van der Waals surface area contributed by atoms with Crippen LogP contribution in [-0.2, 0) is 4.58 Å². The van der Waals surface area contributed by atoms with Gasteiger partial charge in [0.1, 0.15) is 0 Å². The first-order chi connectivity index (χ1) is 2.56. The van der Waals surface area contributed by atoms with Crippen molar-refractivity contribution >= 4 is 9.05 Å². The van der Waals surface area contributed by atoms with E-state index in [1.54, 1.807) is 0 Å². The fraction of sp³-hybridized carbons (Fsp3) is 0. The minimum Gasteiger partial charge on any atom is -0.366 e. The van der Waals surface area contributed by atoms with Gasteiger partial charge >= 0.3 is 9.05 Å². The molecule has 0 aliphatic rings. The molecule has 7 heavy (non-hydrogen) atoms. The van der Waals surface area contributed by atoms with Crippen molar-refractivity contribution in [3.8, 4) is 0 Å². The first kappa shape index (κ1) is 11.2. The average molecular weight is 269 g/mol. The molecule has 7 heteroatoms. The van der Waals surface area contributed by atoms with Crippen molar-refractivity contribution in [2.24, 2.45) is 0 Å². The van der Waals surface area contributed by atoms with Crippen LogP contribution in [0, 0.1) is 39.9 Å². The molecule has 46 valence electrons. The topological polar surface area (TPSA) is 90.2 Å². The summed E-state index contributed by atoms with van der Waals surface area (Å²) >= 11 is 0. The number of hydrogen-bond acceptors (Lipinski definition) is 5. The van der Waals surface area contributed by atoms with Gasteiger partial charge in [0.15, 0.2) is 0 Å². The Morgan fingerprint density at radius 1 is 1.14 bits per heavy atom. The molecule has 0 radical (unpaired) electrons. The Kier molecular flexibility index (Phi) is 6.78. The molecule has 0 spiro atoms. The van der Waals surface area contributed by atoms with Crippen LogP contribution in [-0.4, -0.2) is 28.7 Å². The summed E-state index contributed by atoms with van der Waals surface area (Å²) in [7, 11) is -4.58. The van der Waals surface area contributed by atoms with Crippen LogP contribution in [0.5, 0.6) is 0 Å². The Hall–Kier alpha value is 1.34. The second-order valence-electron chi connectivity index (χ2n) is 0.665. The molecule has 0 rings (SSSR count). The molecule has 0 bridgehead atoms. The molecular weight excluding hydrogens is 265 g/mol. The van der Waals surface area contributed by atoms with Crippen LogP contribution < -0.4 is 0 Å². The van der Waals surface area contributed by atoms with Gasteiger partial charge in [-0.15, -0.1) is 0 Å². The molecule has 5 nitrogen and oxygen atoms in total. The Morgan fingerprint density at radius 2 is 1.29 bits per heavy atom. The van der Waals surface area contributed by atoms with Gasteiger partial charge in [0.05, 0.1) is 0 Å². The van der Waals surface area contributed by atoms with Crippen LogP contribution in [0.2, 0.25) is 0 Å². The van der Waals surface area contributed by atoms with E-state index in [4.69, 9.17) is 19.6 Å². The quantitative estimate of drug-likeness (QED) is 0.248. The Balaban J connectivity index is 0. The standard InChI is InChI=1S/Gd.H4O5Si/c;1-5-6(2,3)4/h;1-4H. The number of hydrogen-bond donors (Lipinski definition) is 4. The van der Waals surface area contributed by atoms with Crippen molar-refractivity contribution in [3.05, 3.63) is 0 Å². The fourth-order valence-electron chi connectivity index (χ4n) is 0. The molecule has 0 aromatic carbocycles. The van der Waals surface area contributed by atoms with E-state index in [1.165, 1.54) is 0 Å². The Bertz CT molecular complexity index is 37.8. The van der Waals surface area contributed by atoms with Crippen molar-refractivity contribution in [2.75, 3.05) is 0 Å². The van der Waals surface area contributed by atoms with Crippen LogP contribution in [0.1, 0.15) is 0 Å². The molecule has 0 unspecified atom stereocenters. The van der Waals surface area contributed by atoms with Gasteiger partial charge < -0.3 is 14.4 Å². The van der Waals surface area contributed by atoms with E-state index in [2.05, 4.69) is 4.58 Å². The first-order valence-electron chi connectivity index (χ1n) is 1.06. The minimum atomic E-state index is -4.58. The second kappa shape index (κ2) is 4.24. The van der Waals surface area contributed by atoms with E-state index in [9.17, 15) is 0 Å². The van der Waals surface area contributed by atoms with Crippen LogP contribution in [0.15, 0.2) is 0 Å². The van der Waals surface area contributed by atoms with Crippen LogP contribution in [0.25, 0.3) is 0 Å². The molecule has 0 atom stereocenters. The molecule has 0 aliphatic heterocycles. The third kappa shape index (κ3) is 11.1. The Labute approximate surface area is 72.7 Å². The largest absolute Gasteiger partial charge is 0.699 e. The maximum Gasteiger partial charge on any atom is 0.699 e. The molecule has 0 aromatic heterocycles. The van der Waals surface area contributed by atoms with Gasteiger partial charge in [-0.25, -0.2) is 0 Å². The van der Waals surface area contributed by atoms with E-state index < -0.39 is 9.05 Å². The predicted octanol–water partition coefficient (Wildman–Crippen LogP) is -2.11. The summed E-state index contributed by atoms with van der Waals surface area (Å²) < 4.78 is 2.74. The third-order valence-corrected chi connectivity index (χ3v) is 0.367. The molecule has 0 saturated carbocycles. The van der Waals surface area contributed by atoms with Crippen LogP contribution in [0.4, 0.5) is 0 Å². The van der Waals surface area contributed by atoms with Crippen molar-refractivity contribution in [2.45, 2.75) is 0 Å². The van der Waals surface area contributed by atoms with E-state index in [0.717, 1.165) is 0 Å². The van der Waals surface area contributed by atoms with E-state index in [0.29, 0.717) is 0 Å². The average Bonchev–Trinajstić information content (AvgIpc) is 1.35. The maximum absolute atomic E-state index is 7.60. The summed E-state index contributed by atoms with van der Waals surface area (Å²) in [5, 5.41) is 7.21. The molecule has 4 N–H and O–H groups in total. The van der Waals surface area contributed by atoms with Crippen LogP contribution in [0.3, 0.4) is 0 Å². The maximum atomic E-state index is 7.60. The molecule has 0 fully saturated rings. The molecular formula is H4GdO5Si. The van der Waals surface area contributed by atoms with E-state index in [1.807, 2.05) is 0 Å². The summed E-state index contributed by atoms with van der Waals surface area (Å²) in [6.07, 6.45) is 0. The zero-order valence-corrected chi connectivity index (χ0v) is 6.32. The first-order valence-corrected chi connectivity index (χ1v) is 2.81. The van der Waals surface area contributed by atoms with Gasteiger partial charge in [-0.3, -0.25) is 5.26 Å². The van der Waals surface area contributed by atoms with Crippen LogP contribution >= 0.6 is 0 Å². The van der Waals surface area contributed by atoms with E-state index >= 15 is 0 Å². The zero-order valence-electron chi connectivity index (χ0n) is 3.05. The third-order valence-electron chi connectivity index (χ3n) is 0.122. The molecule has 0 amide bonds. The zero-order chi connectivity index (χ0) is 5.21. The molecule has 0 heterocycles. The van der Waals surface area contributed by atoms with E-state index in [-0.39, 0.29) is 39.9 Å². The SMILES string of the molecule is OO[Si](O)(O)O.[Gd]. The summed E-state index contributed by atoms with van der Waals surface area (Å²) in [5.41, 5.74) is 0. The normalized spacial score (nSPS) is 10.3. The van der Waals surface area contributed by atoms with Gasteiger partial charge in [0, 0.05) is 39.9 Å². The summed E-state index contributed by atoms with van der Waals surface area (Å²) in [6.45, 7) is 0. The van der Waals surface area contributed by atoms with Crippen molar-refractivity contribution in [3.63, 3.8) is 0 Å². The predicted molar refractivity (Wildman–Crippen MR) is 16.1 cm³/mol. The molecule has 0 saturated heterocycles. The van der Waals surface area contributed by atoms with Gasteiger partial charge in [-0.2, -0.15) is 4.58 Å². The molecule has 0 aliphatic carbocycles.